The third-order valence-electron chi connectivity index (χ3n) is 4.29. The van der Waals surface area contributed by atoms with E-state index in [1.54, 1.807) is 0 Å². The molecule has 0 aliphatic heterocycles. The van der Waals surface area contributed by atoms with Crippen LogP contribution in [0.15, 0.2) is 5.16 Å². The van der Waals surface area contributed by atoms with E-state index in [2.05, 4.69) is 25.9 Å². The number of rotatable bonds is 0. The van der Waals surface area contributed by atoms with Gasteiger partial charge in [0.05, 0.1) is 5.71 Å². The van der Waals surface area contributed by atoms with E-state index in [1.807, 2.05) is 0 Å². The van der Waals surface area contributed by atoms with Gasteiger partial charge >= 0.3 is 0 Å². The van der Waals surface area contributed by atoms with Gasteiger partial charge in [0.15, 0.2) is 0 Å². The molecule has 74 valence electrons. The van der Waals surface area contributed by atoms with Crippen LogP contribution in [0.1, 0.15) is 33.6 Å². The van der Waals surface area contributed by atoms with Gasteiger partial charge in [0.25, 0.3) is 0 Å². The Labute approximate surface area is 78.4 Å². The molecule has 0 amide bonds. The SMILES string of the molecule is CC1(C)/C(=N\O)C(O)C2(C)CCC12. The molecular formula is C10H17NO2. The maximum atomic E-state index is 9.98. The van der Waals surface area contributed by atoms with Gasteiger partial charge in [-0.2, -0.15) is 0 Å². The van der Waals surface area contributed by atoms with Gasteiger partial charge in [-0.3, -0.25) is 0 Å². The maximum absolute atomic E-state index is 9.98. The Hall–Kier alpha value is -0.570. The minimum absolute atomic E-state index is 0.0366. The highest BCUT2D eigenvalue weighted by molar-refractivity contribution is 5.96. The Balaban J connectivity index is 2.45. The van der Waals surface area contributed by atoms with Crippen molar-refractivity contribution in [2.75, 3.05) is 0 Å². The molecule has 2 aliphatic carbocycles. The van der Waals surface area contributed by atoms with Crippen molar-refractivity contribution in [3.63, 3.8) is 0 Å². The van der Waals surface area contributed by atoms with E-state index in [0.29, 0.717) is 11.6 Å². The van der Waals surface area contributed by atoms with E-state index in [0.717, 1.165) is 12.8 Å². The van der Waals surface area contributed by atoms with Crippen LogP contribution in [0.5, 0.6) is 0 Å². The molecule has 2 saturated carbocycles. The Morgan fingerprint density at radius 1 is 1.38 bits per heavy atom. The van der Waals surface area contributed by atoms with Gasteiger partial charge in [0.1, 0.15) is 6.10 Å². The van der Waals surface area contributed by atoms with Crippen LogP contribution in [0.2, 0.25) is 0 Å². The van der Waals surface area contributed by atoms with E-state index in [-0.39, 0.29) is 10.8 Å². The van der Waals surface area contributed by atoms with Crippen molar-refractivity contribution < 1.29 is 10.3 Å². The fourth-order valence-electron chi connectivity index (χ4n) is 3.28. The molecule has 3 nitrogen and oxygen atoms in total. The fraction of sp³-hybridized carbons (Fsp3) is 0.900. The highest BCUT2D eigenvalue weighted by Gasteiger charge is 2.64. The molecule has 0 saturated heterocycles. The lowest BCUT2D eigenvalue weighted by Gasteiger charge is -2.47. The maximum Gasteiger partial charge on any atom is 0.102 e. The van der Waals surface area contributed by atoms with Crippen molar-refractivity contribution in [3.8, 4) is 0 Å². The van der Waals surface area contributed by atoms with E-state index in [1.165, 1.54) is 0 Å². The number of hydrogen-bond acceptors (Lipinski definition) is 3. The molecule has 3 unspecified atom stereocenters. The average molecular weight is 183 g/mol. The Kier molecular flexibility index (Phi) is 1.57. The molecule has 0 heterocycles. The summed E-state index contributed by atoms with van der Waals surface area (Å²) in [6.45, 7) is 6.20. The van der Waals surface area contributed by atoms with Crippen molar-refractivity contribution in [2.45, 2.75) is 39.7 Å². The Morgan fingerprint density at radius 3 is 2.23 bits per heavy atom. The van der Waals surface area contributed by atoms with Gasteiger partial charge in [0, 0.05) is 10.8 Å². The minimum atomic E-state index is -0.550. The third-order valence-corrected chi connectivity index (χ3v) is 4.29. The highest BCUT2D eigenvalue weighted by atomic mass is 16.4. The normalized spacial score (nSPS) is 50.3. The first-order valence-electron chi connectivity index (χ1n) is 4.85. The van der Waals surface area contributed by atoms with Gasteiger partial charge in [0.2, 0.25) is 0 Å². The van der Waals surface area contributed by atoms with Crippen LogP contribution in [0.4, 0.5) is 0 Å². The summed E-state index contributed by atoms with van der Waals surface area (Å²) in [6.07, 6.45) is 1.63. The van der Waals surface area contributed by atoms with Crippen molar-refractivity contribution in [1.82, 2.24) is 0 Å². The summed E-state index contributed by atoms with van der Waals surface area (Å²) < 4.78 is 0. The summed E-state index contributed by atoms with van der Waals surface area (Å²) in [5, 5.41) is 22.1. The predicted molar refractivity (Wildman–Crippen MR) is 49.8 cm³/mol. The second-order valence-electron chi connectivity index (χ2n) is 5.21. The number of nitrogens with zero attached hydrogens (tertiary/aromatic N) is 1. The molecule has 0 aromatic rings. The lowest BCUT2D eigenvalue weighted by Crippen LogP contribution is -2.43. The summed E-state index contributed by atoms with van der Waals surface area (Å²) in [5.74, 6) is 0.473. The Morgan fingerprint density at radius 2 is 2.00 bits per heavy atom. The zero-order chi connectivity index (χ0) is 9.85. The predicted octanol–water partition coefficient (Wildman–Crippen LogP) is 1.63. The first-order chi connectivity index (χ1) is 5.94. The Bertz CT molecular complexity index is 272. The first kappa shape index (κ1) is 9.00. The van der Waals surface area contributed by atoms with Crippen LogP contribution < -0.4 is 0 Å². The fourth-order valence-corrected chi connectivity index (χ4v) is 3.28. The summed E-state index contributed by atoms with van der Waals surface area (Å²) in [5.41, 5.74) is 0.393. The standard InChI is InChI=1S/C10H17NO2/c1-9(2)6-4-5-10(6,3)8(12)7(9)11-13/h6,8,12-13H,4-5H2,1-3H3/b11-7-. The summed E-state index contributed by atoms with van der Waals surface area (Å²) >= 11 is 0. The van der Waals surface area contributed by atoms with Crippen molar-refractivity contribution in [3.05, 3.63) is 0 Å². The van der Waals surface area contributed by atoms with Gasteiger partial charge in [-0.05, 0) is 18.8 Å². The molecule has 0 spiro atoms. The second-order valence-corrected chi connectivity index (χ2v) is 5.21. The van der Waals surface area contributed by atoms with E-state index < -0.39 is 6.10 Å². The number of aliphatic hydroxyl groups excluding tert-OH is 1. The van der Waals surface area contributed by atoms with Crippen LogP contribution in [0, 0.1) is 16.7 Å². The number of fused-ring (bicyclic) bond motifs is 1. The molecule has 0 aromatic carbocycles. The number of hydrogen-bond donors (Lipinski definition) is 2. The zero-order valence-corrected chi connectivity index (χ0v) is 8.41. The van der Waals surface area contributed by atoms with E-state index in [4.69, 9.17) is 5.21 Å². The smallest absolute Gasteiger partial charge is 0.102 e. The molecule has 0 aromatic heterocycles. The van der Waals surface area contributed by atoms with E-state index >= 15 is 0 Å². The zero-order valence-electron chi connectivity index (χ0n) is 8.41. The van der Waals surface area contributed by atoms with Gasteiger partial charge < -0.3 is 10.3 Å². The molecular weight excluding hydrogens is 166 g/mol. The van der Waals surface area contributed by atoms with Crippen LogP contribution in [-0.2, 0) is 0 Å². The van der Waals surface area contributed by atoms with Crippen molar-refractivity contribution in [2.24, 2.45) is 21.9 Å². The van der Waals surface area contributed by atoms with Crippen LogP contribution in [0.25, 0.3) is 0 Å². The first-order valence-corrected chi connectivity index (χ1v) is 4.85. The quantitative estimate of drug-likeness (QED) is 0.443. The van der Waals surface area contributed by atoms with Crippen LogP contribution >= 0.6 is 0 Å². The molecule has 2 fully saturated rings. The summed E-state index contributed by atoms with van der Waals surface area (Å²) in [4.78, 5) is 0. The topological polar surface area (TPSA) is 52.8 Å². The average Bonchev–Trinajstić information content (AvgIpc) is 2.07. The largest absolute Gasteiger partial charge is 0.411 e. The van der Waals surface area contributed by atoms with Crippen molar-refractivity contribution >= 4 is 5.71 Å². The molecule has 0 radical (unpaired) electrons. The molecule has 3 atom stereocenters. The van der Waals surface area contributed by atoms with E-state index in [9.17, 15) is 5.11 Å². The summed E-state index contributed by atoms with van der Waals surface area (Å²) in [6, 6.07) is 0. The molecule has 3 heteroatoms. The van der Waals surface area contributed by atoms with Gasteiger partial charge in [-0.1, -0.05) is 25.9 Å². The third kappa shape index (κ3) is 0.810. The van der Waals surface area contributed by atoms with Crippen LogP contribution in [0.3, 0.4) is 0 Å². The molecule has 2 aliphatic rings. The molecule has 0 bridgehead atoms. The number of aliphatic hydroxyl groups is 1. The number of oxime groups is 1. The van der Waals surface area contributed by atoms with Crippen molar-refractivity contribution in [1.29, 1.82) is 0 Å². The lowest BCUT2D eigenvalue weighted by molar-refractivity contribution is -0.0385. The second kappa shape index (κ2) is 2.27. The van der Waals surface area contributed by atoms with Crippen LogP contribution in [-0.4, -0.2) is 22.1 Å². The van der Waals surface area contributed by atoms with Gasteiger partial charge in [-0.15, -0.1) is 0 Å². The van der Waals surface area contributed by atoms with Gasteiger partial charge in [-0.25, -0.2) is 0 Å². The summed E-state index contributed by atoms with van der Waals surface area (Å²) in [7, 11) is 0. The monoisotopic (exact) mass is 183 g/mol. The molecule has 13 heavy (non-hydrogen) atoms. The molecule has 2 rings (SSSR count). The lowest BCUT2D eigenvalue weighted by atomic mass is 9.57. The molecule has 2 N–H and O–H groups in total. The minimum Gasteiger partial charge on any atom is -0.411 e. The highest BCUT2D eigenvalue weighted by Crippen LogP contribution is 2.63.